The second-order valence-corrected chi connectivity index (χ2v) is 7.26. The molecule has 0 saturated heterocycles. The molecule has 0 aliphatic carbocycles. The highest BCUT2D eigenvalue weighted by Gasteiger charge is 2.24. The third-order valence-corrected chi connectivity index (χ3v) is 5.04. The Hall–Kier alpha value is -3.84. The molecule has 1 heterocycles. The molecule has 1 N–H and O–H groups in total. The van der Waals surface area contributed by atoms with E-state index in [1.165, 1.54) is 19.2 Å². The summed E-state index contributed by atoms with van der Waals surface area (Å²) < 4.78 is 11.3. The van der Waals surface area contributed by atoms with Gasteiger partial charge in [-0.2, -0.15) is 0 Å². The lowest BCUT2D eigenvalue weighted by Crippen LogP contribution is -2.03. The summed E-state index contributed by atoms with van der Waals surface area (Å²) >= 11 is 6.00. The maximum absolute atomic E-state index is 12.4. The maximum atomic E-state index is 12.4. The number of nitrogens with one attached hydrogen (secondary N) is 1. The van der Waals surface area contributed by atoms with Gasteiger partial charge in [-0.05, 0) is 53.6 Å². The monoisotopic (exact) mass is 436 g/mol. The summed E-state index contributed by atoms with van der Waals surface area (Å²) in [5.74, 6) is 0.826. The van der Waals surface area contributed by atoms with Gasteiger partial charge in [0.1, 0.15) is 6.61 Å². The molecule has 7 nitrogen and oxygen atoms in total. The first-order chi connectivity index (χ1) is 14.9. The van der Waals surface area contributed by atoms with E-state index in [0.717, 1.165) is 16.7 Å². The van der Waals surface area contributed by atoms with Crippen molar-refractivity contribution in [2.45, 2.75) is 6.61 Å². The van der Waals surface area contributed by atoms with Gasteiger partial charge in [0.2, 0.25) is 0 Å². The van der Waals surface area contributed by atoms with E-state index in [4.69, 9.17) is 21.1 Å². The molecule has 0 radical (unpaired) electrons. The van der Waals surface area contributed by atoms with Crippen LogP contribution in [0.1, 0.15) is 16.7 Å². The number of fused-ring (bicyclic) bond motifs is 1. The number of hydrogen-bond donors (Lipinski definition) is 1. The van der Waals surface area contributed by atoms with Crippen molar-refractivity contribution < 1.29 is 19.2 Å². The number of amides is 1. The van der Waals surface area contributed by atoms with Crippen LogP contribution in [0.25, 0.3) is 11.6 Å². The molecule has 0 atom stereocenters. The van der Waals surface area contributed by atoms with Crippen molar-refractivity contribution in [1.82, 2.24) is 0 Å². The summed E-state index contributed by atoms with van der Waals surface area (Å²) in [6.07, 6.45) is 1.78. The molecule has 0 bridgehead atoms. The zero-order valence-corrected chi connectivity index (χ0v) is 17.2. The zero-order valence-electron chi connectivity index (χ0n) is 16.4. The fourth-order valence-electron chi connectivity index (χ4n) is 3.24. The highest BCUT2D eigenvalue weighted by molar-refractivity contribution is 6.36. The second-order valence-electron chi connectivity index (χ2n) is 6.82. The van der Waals surface area contributed by atoms with Crippen LogP contribution in [-0.2, 0) is 11.4 Å². The number of halogens is 1. The average molecular weight is 437 g/mol. The Balaban J connectivity index is 1.54. The number of carbonyl (C=O) groups is 1. The van der Waals surface area contributed by atoms with E-state index in [1.54, 1.807) is 48.5 Å². The lowest BCUT2D eigenvalue weighted by molar-refractivity contribution is -0.384. The van der Waals surface area contributed by atoms with Crippen molar-refractivity contribution in [3.05, 3.63) is 92.5 Å². The largest absolute Gasteiger partial charge is 0.493 e. The minimum atomic E-state index is -0.446. The van der Waals surface area contributed by atoms with E-state index >= 15 is 0 Å². The van der Waals surface area contributed by atoms with Crippen LogP contribution in [0.4, 0.5) is 11.4 Å². The Morgan fingerprint density at radius 2 is 1.84 bits per heavy atom. The second kappa shape index (κ2) is 8.49. The number of rotatable bonds is 6. The average Bonchev–Trinajstić information content (AvgIpc) is 3.06. The van der Waals surface area contributed by atoms with Crippen molar-refractivity contribution in [1.29, 1.82) is 0 Å². The molecular formula is C23H17ClN2O5. The number of anilines is 1. The molecular weight excluding hydrogens is 420 g/mol. The maximum Gasteiger partial charge on any atom is 0.269 e. The molecule has 4 rings (SSSR count). The molecule has 156 valence electrons. The number of nitro benzene ring substituents is 1. The van der Waals surface area contributed by atoms with Crippen LogP contribution in [0.3, 0.4) is 0 Å². The molecule has 3 aromatic rings. The van der Waals surface area contributed by atoms with E-state index in [2.05, 4.69) is 5.32 Å². The predicted molar refractivity (Wildman–Crippen MR) is 118 cm³/mol. The Morgan fingerprint density at radius 3 is 2.55 bits per heavy atom. The fourth-order valence-corrected chi connectivity index (χ4v) is 3.42. The summed E-state index contributed by atoms with van der Waals surface area (Å²) in [7, 11) is 1.53. The first-order valence-corrected chi connectivity index (χ1v) is 9.69. The van der Waals surface area contributed by atoms with E-state index in [-0.39, 0.29) is 18.2 Å². The molecule has 0 aromatic heterocycles. The summed E-state index contributed by atoms with van der Waals surface area (Å²) in [6.45, 7) is 0.228. The molecule has 1 amide bonds. The molecule has 31 heavy (non-hydrogen) atoms. The van der Waals surface area contributed by atoms with E-state index in [1.807, 2.05) is 6.07 Å². The van der Waals surface area contributed by atoms with E-state index in [0.29, 0.717) is 27.8 Å². The van der Waals surface area contributed by atoms with Crippen LogP contribution in [0.15, 0.2) is 60.7 Å². The summed E-state index contributed by atoms with van der Waals surface area (Å²) in [4.78, 5) is 22.7. The highest BCUT2D eigenvalue weighted by Crippen LogP contribution is 2.36. The van der Waals surface area contributed by atoms with Crippen LogP contribution >= 0.6 is 11.6 Å². The van der Waals surface area contributed by atoms with E-state index in [9.17, 15) is 14.9 Å². The van der Waals surface area contributed by atoms with Gasteiger partial charge in [-0.3, -0.25) is 14.9 Å². The quantitative estimate of drug-likeness (QED) is 0.320. The molecule has 8 heteroatoms. The van der Waals surface area contributed by atoms with Gasteiger partial charge in [0.25, 0.3) is 11.6 Å². The van der Waals surface area contributed by atoms with Gasteiger partial charge in [-0.25, -0.2) is 0 Å². The number of nitrogens with zero attached hydrogens (tertiary/aromatic N) is 1. The Labute approximate surface area is 183 Å². The molecule has 3 aromatic carbocycles. The molecule has 0 unspecified atom stereocenters. The van der Waals surface area contributed by atoms with Gasteiger partial charge in [-0.15, -0.1) is 0 Å². The number of ether oxygens (including phenoxy) is 2. The Kier molecular flexibility index (Phi) is 5.60. The zero-order chi connectivity index (χ0) is 22.0. The third-order valence-electron chi connectivity index (χ3n) is 4.80. The molecule has 1 aliphatic rings. The number of non-ortho nitro benzene ring substituents is 1. The summed E-state index contributed by atoms with van der Waals surface area (Å²) in [6, 6.07) is 16.8. The smallest absolute Gasteiger partial charge is 0.269 e. The highest BCUT2D eigenvalue weighted by atomic mass is 35.5. The predicted octanol–water partition coefficient (Wildman–Crippen LogP) is 5.33. The topological polar surface area (TPSA) is 90.7 Å². The van der Waals surface area contributed by atoms with Gasteiger partial charge in [0.05, 0.1) is 17.7 Å². The lowest BCUT2D eigenvalue weighted by atomic mass is 10.0. The molecule has 0 fully saturated rings. The van der Waals surface area contributed by atoms with Crippen LogP contribution < -0.4 is 14.8 Å². The fraction of sp³-hybridized carbons (Fsp3) is 0.0870. The molecule has 0 saturated carbocycles. The molecule has 1 aliphatic heterocycles. The van der Waals surface area contributed by atoms with Crippen LogP contribution in [0.2, 0.25) is 5.02 Å². The third kappa shape index (κ3) is 4.36. The minimum absolute atomic E-state index is 0.0264. The number of carbonyl (C=O) groups excluding carboxylic acids is 1. The standard InChI is InChI=1S/C23H17ClN2O5/c1-30-22-11-15(10-19-18-8-5-16(24)12-20(18)25-23(19)27)4-9-21(22)31-13-14-2-6-17(7-3-14)26(28)29/h2-12H,13H2,1H3,(H,25,27)/b19-10+. The normalized spacial score (nSPS) is 13.6. The van der Waals surface area contributed by atoms with Gasteiger partial charge in [0, 0.05) is 28.3 Å². The van der Waals surface area contributed by atoms with Gasteiger partial charge < -0.3 is 14.8 Å². The lowest BCUT2D eigenvalue weighted by Gasteiger charge is -2.11. The van der Waals surface area contributed by atoms with Crippen molar-refractivity contribution in [3.63, 3.8) is 0 Å². The van der Waals surface area contributed by atoms with Crippen LogP contribution in [0.5, 0.6) is 11.5 Å². The van der Waals surface area contributed by atoms with Crippen LogP contribution in [0, 0.1) is 10.1 Å². The Bertz CT molecular complexity index is 1210. The van der Waals surface area contributed by atoms with Gasteiger partial charge in [0.15, 0.2) is 11.5 Å². The first kappa shape index (κ1) is 20.4. The van der Waals surface area contributed by atoms with Gasteiger partial charge in [-0.1, -0.05) is 23.7 Å². The van der Waals surface area contributed by atoms with E-state index < -0.39 is 4.92 Å². The summed E-state index contributed by atoms with van der Waals surface area (Å²) in [5, 5.41) is 14.1. The molecule has 0 spiro atoms. The first-order valence-electron chi connectivity index (χ1n) is 9.32. The van der Waals surface area contributed by atoms with Crippen molar-refractivity contribution >= 4 is 40.5 Å². The summed E-state index contributed by atoms with van der Waals surface area (Å²) in [5.41, 5.74) is 3.58. The van der Waals surface area contributed by atoms with Crippen molar-refractivity contribution in [3.8, 4) is 11.5 Å². The number of methoxy groups -OCH3 is 1. The van der Waals surface area contributed by atoms with Crippen molar-refractivity contribution in [2.24, 2.45) is 0 Å². The van der Waals surface area contributed by atoms with Crippen molar-refractivity contribution in [2.75, 3.05) is 12.4 Å². The SMILES string of the molecule is COc1cc(/C=C2/C(=O)Nc3cc(Cl)ccc32)ccc1OCc1ccc([N+](=O)[O-])cc1. The minimum Gasteiger partial charge on any atom is -0.493 e. The van der Waals surface area contributed by atoms with Crippen LogP contribution in [-0.4, -0.2) is 17.9 Å². The number of benzene rings is 3. The number of nitro groups is 1. The number of hydrogen-bond acceptors (Lipinski definition) is 5. The van der Waals surface area contributed by atoms with Gasteiger partial charge >= 0.3 is 0 Å². The Morgan fingerprint density at radius 1 is 1.06 bits per heavy atom.